The van der Waals surface area contributed by atoms with Gasteiger partial charge in [0, 0.05) is 50.1 Å². The van der Waals surface area contributed by atoms with E-state index in [-0.39, 0.29) is 39.7 Å². The Bertz CT molecular complexity index is 442. The van der Waals surface area contributed by atoms with Gasteiger partial charge in [-0.15, -0.1) is 24.0 Å². The Labute approximate surface area is 168 Å². The van der Waals surface area contributed by atoms with E-state index in [4.69, 9.17) is 9.47 Å². The summed E-state index contributed by atoms with van der Waals surface area (Å²) in [6.07, 6.45) is 5.38. The topological polar surface area (TPSA) is 54.9 Å². The summed E-state index contributed by atoms with van der Waals surface area (Å²) in [7, 11) is 3.64. The molecule has 7 heteroatoms. The van der Waals surface area contributed by atoms with Crippen molar-refractivity contribution in [1.82, 2.24) is 10.6 Å². The Balaban J connectivity index is 0.00000288. The van der Waals surface area contributed by atoms with Crippen LogP contribution < -0.4 is 10.6 Å². The highest BCUT2D eigenvalue weighted by molar-refractivity contribution is 14.0. The summed E-state index contributed by atoms with van der Waals surface area (Å²) < 4.78 is 11.5. The number of thioether (sulfide) groups is 1. The predicted molar refractivity (Wildman–Crippen MR) is 114 cm³/mol. The first-order valence-corrected chi connectivity index (χ1v) is 9.70. The third-order valence-corrected chi connectivity index (χ3v) is 7.65. The molecule has 0 aromatic rings. The van der Waals surface area contributed by atoms with E-state index < -0.39 is 0 Å². The highest BCUT2D eigenvalue weighted by Crippen LogP contribution is 2.51. The molecular weight excluding hydrogens is 437 g/mol. The van der Waals surface area contributed by atoms with Crippen LogP contribution in [0.5, 0.6) is 0 Å². The van der Waals surface area contributed by atoms with Gasteiger partial charge in [-0.05, 0) is 32.4 Å². The third kappa shape index (κ3) is 4.32. The molecule has 1 saturated heterocycles. The van der Waals surface area contributed by atoms with Crippen LogP contribution in [0.2, 0.25) is 0 Å². The molecule has 2 unspecified atom stereocenters. The Morgan fingerprint density at radius 3 is 2.38 bits per heavy atom. The van der Waals surface area contributed by atoms with Gasteiger partial charge in [-0.25, -0.2) is 0 Å². The number of nitrogens with one attached hydrogen (secondary N) is 2. The SMILES string of the molecule is CN=C(NCC1(SC)CCOCC1)NC1CC(C)(OC)C1(C)C.I. The van der Waals surface area contributed by atoms with Gasteiger partial charge < -0.3 is 20.1 Å². The van der Waals surface area contributed by atoms with Gasteiger partial charge in [0.2, 0.25) is 0 Å². The predicted octanol–water partition coefficient (Wildman–Crippen LogP) is 2.89. The Hall–Kier alpha value is 0.270. The molecule has 0 aromatic heterocycles. The molecular formula is C17H34IN3O2S. The molecule has 0 radical (unpaired) electrons. The van der Waals surface area contributed by atoms with Crippen molar-refractivity contribution in [3.8, 4) is 0 Å². The van der Waals surface area contributed by atoms with Gasteiger partial charge in [0.05, 0.1) is 5.60 Å². The molecule has 1 aliphatic carbocycles. The highest BCUT2D eigenvalue weighted by atomic mass is 127. The van der Waals surface area contributed by atoms with Crippen molar-refractivity contribution < 1.29 is 9.47 Å². The van der Waals surface area contributed by atoms with Gasteiger partial charge in [-0.2, -0.15) is 11.8 Å². The standard InChI is InChI=1S/C17H33N3O2S.HI/c1-15(2)13(11-16(15,3)21-5)20-14(18-4)19-12-17(23-6)7-9-22-10-8-17;/h13H,7-12H2,1-6H3,(H2,18,19,20);1H. The molecule has 2 aliphatic rings. The zero-order valence-electron chi connectivity index (χ0n) is 15.9. The minimum atomic E-state index is -0.0648. The zero-order chi connectivity index (χ0) is 17.1. The lowest BCUT2D eigenvalue weighted by atomic mass is 9.56. The minimum Gasteiger partial charge on any atom is -0.381 e. The van der Waals surface area contributed by atoms with Crippen LogP contribution in [0.4, 0.5) is 0 Å². The van der Waals surface area contributed by atoms with Crippen LogP contribution in [-0.4, -0.2) is 62.5 Å². The van der Waals surface area contributed by atoms with E-state index in [1.165, 1.54) is 0 Å². The number of rotatable bonds is 5. The Morgan fingerprint density at radius 1 is 1.29 bits per heavy atom. The van der Waals surface area contributed by atoms with Crippen LogP contribution in [0.25, 0.3) is 0 Å². The number of ether oxygens (including phenoxy) is 2. The van der Waals surface area contributed by atoms with Gasteiger partial charge in [-0.1, -0.05) is 13.8 Å². The first kappa shape index (κ1) is 22.3. The van der Waals surface area contributed by atoms with Gasteiger partial charge >= 0.3 is 0 Å². The molecule has 2 N–H and O–H groups in total. The summed E-state index contributed by atoms with van der Waals surface area (Å²) in [6, 6.07) is 0.374. The number of halogens is 1. The van der Waals surface area contributed by atoms with Gasteiger partial charge in [0.1, 0.15) is 0 Å². The minimum absolute atomic E-state index is 0. The van der Waals surface area contributed by atoms with E-state index in [1.54, 1.807) is 7.11 Å². The molecule has 0 bridgehead atoms. The summed E-state index contributed by atoms with van der Waals surface area (Å²) in [5.74, 6) is 0.890. The molecule has 1 saturated carbocycles. The van der Waals surface area contributed by atoms with Crippen LogP contribution in [0.1, 0.15) is 40.0 Å². The largest absolute Gasteiger partial charge is 0.381 e. The van der Waals surface area contributed by atoms with Gasteiger partial charge in [-0.3, -0.25) is 4.99 Å². The second-order valence-corrected chi connectivity index (χ2v) is 8.76. The number of methoxy groups -OCH3 is 1. The first-order chi connectivity index (χ1) is 10.8. The van der Waals surface area contributed by atoms with Gasteiger partial charge in [0.15, 0.2) is 5.96 Å². The maximum absolute atomic E-state index is 5.71. The molecule has 1 heterocycles. The van der Waals surface area contributed by atoms with E-state index in [2.05, 4.69) is 42.7 Å². The molecule has 5 nitrogen and oxygen atoms in total. The average molecular weight is 471 g/mol. The molecule has 2 atom stereocenters. The summed E-state index contributed by atoms with van der Waals surface area (Å²) in [6.45, 7) is 9.34. The first-order valence-electron chi connectivity index (χ1n) is 8.48. The summed E-state index contributed by atoms with van der Waals surface area (Å²) in [4.78, 5) is 4.41. The molecule has 0 spiro atoms. The zero-order valence-corrected chi connectivity index (χ0v) is 19.0. The lowest BCUT2D eigenvalue weighted by molar-refractivity contribution is -0.176. The van der Waals surface area contributed by atoms with Crippen LogP contribution in [0.15, 0.2) is 4.99 Å². The second-order valence-electron chi connectivity index (χ2n) is 7.48. The molecule has 2 rings (SSSR count). The molecule has 2 fully saturated rings. The normalized spacial score (nSPS) is 31.6. The van der Waals surface area contributed by atoms with Gasteiger partial charge in [0.25, 0.3) is 0 Å². The fourth-order valence-electron chi connectivity index (χ4n) is 3.52. The van der Waals surface area contributed by atoms with Crippen molar-refractivity contribution in [2.45, 2.75) is 56.4 Å². The van der Waals surface area contributed by atoms with E-state index in [0.29, 0.717) is 6.04 Å². The quantitative estimate of drug-likeness (QED) is 0.367. The fourth-order valence-corrected chi connectivity index (χ4v) is 4.32. The Kier molecular flexibility index (Phi) is 8.16. The smallest absolute Gasteiger partial charge is 0.191 e. The monoisotopic (exact) mass is 471 g/mol. The van der Waals surface area contributed by atoms with E-state index in [0.717, 1.165) is 45.0 Å². The third-order valence-electron chi connectivity index (χ3n) is 6.23. The van der Waals surface area contributed by atoms with Crippen molar-refractivity contribution in [3.05, 3.63) is 0 Å². The lowest BCUT2D eigenvalue weighted by Gasteiger charge is -2.59. The summed E-state index contributed by atoms with van der Waals surface area (Å²) in [5.41, 5.74) is 0.0139. The lowest BCUT2D eigenvalue weighted by Crippen LogP contribution is -2.69. The second kappa shape index (κ2) is 8.77. The molecule has 142 valence electrons. The van der Waals surface area contributed by atoms with Crippen molar-refractivity contribution >= 4 is 41.7 Å². The molecule has 1 aliphatic heterocycles. The number of hydrogen-bond acceptors (Lipinski definition) is 4. The van der Waals surface area contributed by atoms with Crippen LogP contribution >= 0.6 is 35.7 Å². The highest BCUT2D eigenvalue weighted by Gasteiger charge is 2.58. The molecule has 24 heavy (non-hydrogen) atoms. The van der Waals surface area contributed by atoms with Crippen molar-refractivity contribution in [2.24, 2.45) is 10.4 Å². The fraction of sp³-hybridized carbons (Fsp3) is 0.941. The van der Waals surface area contributed by atoms with Crippen molar-refractivity contribution in [1.29, 1.82) is 0 Å². The maximum atomic E-state index is 5.71. The number of nitrogens with zero attached hydrogens (tertiary/aromatic N) is 1. The van der Waals surface area contributed by atoms with Crippen molar-refractivity contribution in [3.63, 3.8) is 0 Å². The Morgan fingerprint density at radius 2 is 1.92 bits per heavy atom. The molecule has 0 aromatic carbocycles. The van der Waals surface area contributed by atoms with E-state index in [9.17, 15) is 0 Å². The van der Waals surface area contributed by atoms with E-state index >= 15 is 0 Å². The van der Waals surface area contributed by atoms with Crippen LogP contribution in [0.3, 0.4) is 0 Å². The summed E-state index contributed by atoms with van der Waals surface area (Å²) >= 11 is 1.94. The van der Waals surface area contributed by atoms with Crippen molar-refractivity contribution in [2.75, 3.05) is 40.2 Å². The average Bonchev–Trinajstić information content (AvgIpc) is 2.58. The number of guanidine groups is 1. The van der Waals surface area contributed by atoms with Crippen LogP contribution in [-0.2, 0) is 9.47 Å². The van der Waals surface area contributed by atoms with Crippen LogP contribution in [0, 0.1) is 5.41 Å². The number of aliphatic imine (C=N–C) groups is 1. The van der Waals surface area contributed by atoms with E-state index in [1.807, 2.05) is 18.8 Å². The maximum Gasteiger partial charge on any atom is 0.191 e. The molecule has 0 amide bonds. The number of hydrogen-bond donors (Lipinski definition) is 2. The summed E-state index contributed by atoms with van der Waals surface area (Å²) in [5, 5.41) is 7.12.